The lowest BCUT2D eigenvalue weighted by molar-refractivity contribution is 0.108. The van der Waals surface area contributed by atoms with Gasteiger partial charge in [-0.1, -0.05) is 12.6 Å². The predicted octanol–water partition coefficient (Wildman–Crippen LogP) is -0.533. The minimum absolute atomic E-state index is 0.0309. The second kappa shape index (κ2) is 2.30. The van der Waals surface area contributed by atoms with E-state index in [4.69, 9.17) is 5.73 Å². The molecule has 6 heteroatoms. The van der Waals surface area contributed by atoms with E-state index in [2.05, 4.69) is 22.7 Å². The Morgan fingerprint density at radius 3 is 2.60 bits per heavy atom. The van der Waals surface area contributed by atoms with Crippen LogP contribution in [0, 0.1) is 0 Å². The SMILES string of the molecule is Cn1nc(C(=O)S)nc1N. The van der Waals surface area contributed by atoms with Crippen LogP contribution >= 0.6 is 12.6 Å². The van der Waals surface area contributed by atoms with Gasteiger partial charge in [0.15, 0.2) is 0 Å². The van der Waals surface area contributed by atoms with Gasteiger partial charge in [-0.2, -0.15) is 4.98 Å². The van der Waals surface area contributed by atoms with Crippen molar-refractivity contribution in [1.82, 2.24) is 14.8 Å². The summed E-state index contributed by atoms with van der Waals surface area (Å²) in [6.07, 6.45) is 0. The fraction of sp³-hybridized carbons (Fsp3) is 0.250. The van der Waals surface area contributed by atoms with Crippen LogP contribution in [0.5, 0.6) is 0 Å². The molecule has 1 rings (SSSR count). The predicted molar refractivity (Wildman–Crippen MR) is 38.7 cm³/mol. The zero-order valence-corrected chi connectivity index (χ0v) is 6.17. The van der Waals surface area contributed by atoms with Crippen molar-refractivity contribution in [2.24, 2.45) is 7.05 Å². The highest BCUT2D eigenvalue weighted by atomic mass is 32.1. The number of thiol groups is 1. The number of rotatable bonds is 1. The fourth-order valence-corrected chi connectivity index (χ4v) is 0.582. The van der Waals surface area contributed by atoms with Gasteiger partial charge in [-0.05, 0) is 0 Å². The molecule has 1 heterocycles. The van der Waals surface area contributed by atoms with Gasteiger partial charge in [-0.15, -0.1) is 5.10 Å². The Bertz CT molecular complexity index is 249. The second-order valence-corrected chi connectivity index (χ2v) is 2.13. The van der Waals surface area contributed by atoms with Crippen LogP contribution in [0.25, 0.3) is 0 Å². The standard InChI is InChI=1S/C4H6N4OS/c1-8-4(5)6-2(7-8)3(9)10/h1H3,(H,9,10)(H2,5,6,7). The maximum absolute atomic E-state index is 10.5. The zero-order valence-electron chi connectivity index (χ0n) is 5.27. The third kappa shape index (κ3) is 1.10. The van der Waals surface area contributed by atoms with Gasteiger partial charge in [0.05, 0.1) is 0 Å². The third-order valence-electron chi connectivity index (χ3n) is 0.988. The topological polar surface area (TPSA) is 73.8 Å². The number of carbonyl (C=O) groups excluding carboxylic acids is 1. The average Bonchev–Trinajstić information content (AvgIpc) is 2.13. The van der Waals surface area contributed by atoms with Gasteiger partial charge in [0.25, 0.3) is 5.12 Å². The molecule has 0 aliphatic heterocycles. The number of nitrogen functional groups attached to an aromatic ring is 1. The molecule has 0 amide bonds. The maximum atomic E-state index is 10.5. The molecule has 0 fully saturated rings. The number of nitrogens with zero attached hydrogens (tertiary/aromatic N) is 3. The van der Waals surface area contributed by atoms with Gasteiger partial charge >= 0.3 is 0 Å². The van der Waals surface area contributed by atoms with E-state index in [0.29, 0.717) is 0 Å². The highest BCUT2D eigenvalue weighted by Crippen LogP contribution is 1.99. The fourth-order valence-electron chi connectivity index (χ4n) is 0.487. The summed E-state index contributed by atoms with van der Waals surface area (Å²) in [5, 5.41) is 3.19. The summed E-state index contributed by atoms with van der Waals surface area (Å²) in [4.78, 5) is 14.1. The maximum Gasteiger partial charge on any atom is 0.255 e. The Morgan fingerprint density at radius 2 is 2.40 bits per heavy atom. The van der Waals surface area contributed by atoms with Crippen molar-refractivity contribution in [1.29, 1.82) is 0 Å². The Balaban J connectivity index is 3.10. The molecule has 0 bridgehead atoms. The normalized spacial score (nSPS) is 9.80. The first-order valence-corrected chi connectivity index (χ1v) is 2.96. The minimum atomic E-state index is -0.479. The van der Waals surface area contributed by atoms with E-state index in [1.54, 1.807) is 7.05 Å². The molecule has 54 valence electrons. The van der Waals surface area contributed by atoms with Gasteiger partial charge in [-0.3, -0.25) is 4.79 Å². The Hall–Kier alpha value is -1.04. The molecular formula is C4H6N4OS. The molecule has 1 aromatic heterocycles. The number of hydrogen-bond acceptors (Lipinski definition) is 4. The molecule has 1 aromatic rings. The van der Waals surface area contributed by atoms with Gasteiger partial charge in [0.2, 0.25) is 11.8 Å². The van der Waals surface area contributed by atoms with Crippen LogP contribution in [0.3, 0.4) is 0 Å². The lowest BCUT2D eigenvalue weighted by atomic mass is 10.7. The van der Waals surface area contributed by atoms with Crippen LogP contribution in [-0.4, -0.2) is 19.9 Å². The first kappa shape index (κ1) is 7.07. The number of nitrogens with two attached hydrogens (primary N) is 1. The molecule has 0 aliphatic carbocycles. The number of aromatic nitrogens is 3. The molecule has 0 spiro atoms. The molecule has 5 nitrogen and oxygen atoms in total. The van der Waals surface area contributed by atoms with Crippen LogP contribution < -0.4 is 5.73 Å². The van der Waals surface area contributed by atoms with Crippen molar-refractivity contribution in [2.75, 3.05) is 5.73 Å². The van der Waals surface area contributed by atoms with Gasteiger partial charge in [0, 0.05) is 7.05 Å². The summed E-state index contributed by atoms with van der Waals surface area (Å²) in [6, 6.07) is 0. The average molecular weight is 158 g/mol. The van der Waals surface area contributed by atoms with Crippen molar-refractivity contribution < 1.29 is 4.79 Å². The lowest BCUT2D eigenvalue weighted by Gasteiger charge is -1.85. The van der Waals surface area contributed by atoms with Gasteiger partial charge < -0.3 is 5.73 Å². The van der Waals surface area contributed by atoms with Gasteiger partial charge in [0.1, 0.15) is 0 Å². The Kier molecular flexibility index (Phi) is 1.62. The summed E-state index contributed by atoms with van der Waals surface area (Å²) >= 11 is 3.52. The minimum Gasteiger partial charge on any atom is -0.368 e. The highest BCUT2D eigenvalue weighted by Gasteiger charge is 2.07. The van der Waals surface area contributed by atoms with Crippen LogP contribution in [0.1, 0.15) is 10.6 Å². The van der Waals surface area contributed by atoms with E-state index in [1.165, 1.54) is 4.68 Å². The lowest BCUT2D eigenvalue weighted by Crippen LogP contribution is -1.97. The van der Waals surface area contributed by atoms with E-state index in [0.717, 1.165) is 0 Å². The van der Waals surface area contributed by atoms with Crippen molar-refractivity contribution in [3.8, 4) is 0 Å². The number of hydrogen-bond donors (Lipinski definition) is 2. The van der Waals surface area contributed by atoms with Crippen LogP contribution in [0.2, 0.25) is 0 Å². The molecule has 0 saturated carbocycles. The molecule has 10 heavy (non-hydrogen) atoms. The van der Waals surface area contributed by atoms with E-state index in [-0.39, 0.29) is 11.8 Å². The smallest absolute Gasteiger partial charge is 0.255 e. The summed E-state index contributed by atoms with van der Waals surface area (Å²) in [6.45, 7) is 0. The second-order valence-electron chi connectivity index (χ2n) is 1.72. The number of anilines is 1. The number of aryl methyl sites for hydroxylation is 1. The van der Waals surface area contributed by atoms with E-state index in [1.807, 2.05) is 0 Å². The largest absolute Gasteiger partial charge is 0.368 e. The first-order valence-electron chi connectivity index (χ1n) is 2.51. The van der Waals surface area contributed by atoms with Gasteiger partial charge in [-0.25, -0.2) is 4.68 Å². The van der Waals surface area contributed by atoms with Crippen molar-refractivity contribution in [2.45, 2.75) is 0 Å². The van der Waals surface area contributed by atoms with Crippen molar-refractivity contribution in [3.05, 3.63) is 5.82 Å². The van der Waals surface area contributed by atoms with Crippen LogP contribution in [0.4, 0.5) is 5.95 Å². The molecule has 0 unspecified atom stereocenters. The highest BCUT2D eigenvalue weighted by molar-refractivity contribution is 7.97. The molecular weight excluding hydrogens is 152 g/mol. The molecule has 2 N–H and O–H groups in total. The molecule has 0 saturated heterocycles. The van der Waals surface area contributed by atoms with Crippen LogP contribution in [0.15, 0.2) is 0 Å². The van der Waals surface area contributed by atoms with Crippen molar-refractivity contribution in [3.63, 3.8) is 0 Å². The molecule has 0 atom stereocenters. The Labute approximate surface area is 62.6 Å². The monoisotopic (exact) mass is 158 g/mol. The van der Waals surface area contributed by atoms with Crippen LogP contribution in [-0.2, 0) is 7.05 Å². The molecule has 0 radical (unpaired) electrons. The molecule has 0 aromatic carbocycles. The van der Waals surface area contributed by atoms with E-state index < -0.39 is 5.12 Å². The Morgan fingerprint density at radius 1 is 1.80 bits per heavy atom. The third-order valence-corrected chi connectivity index (χ3v) is 1.19. The zero-order chi connectivity index (χ0) is 7.72. The summed E-state index contributed by atoms with van der Waals surface area (Å²) < 4.78 is 1.31. The number of carbonyl (C=O) groups is 1. The van der Waals surface area contributed by atoms with Crippen molar-refractivity contribution >= 4 is 23.7 Å². The van der Waals surface area contributed by atoms with E-state index in [9.17, 15) is 4.79 Å². The first-order chi connectivity index (χ1) is 4.61. The summed E-state index contributed by atoms with van der Waals surface area (Å²) in [7, 11) is 1.60. The quantitative estimate of drug-likeness (QED) is 0.539. The van der Waals surface area contributed by atoms with E-state index >= 15 is 0 Å². The molecule has 0 aliphatic rings. The summed E-state index contributed by atoms with van der Waals surface area (Å²) in [5.74, 6) is 0.237. The summed E-state index contributed by atoms with van der Waals surface area (Å²) in [5.41, 5.74) is 5.28.